The number of aromatic nitrogens is 2. The Labute approximate surface area is 132 Å². The molecule has 0 aliphatic heterocycles. The van der Waals surface area contributed by atoms with Crippen molar-refractivity contribution in [3.05, 3.63) is 65.2 Å². The smallest absolute Gasteiger partial charge is 0.272 e. The van der Waals surface area contributed by atoms with Gasteiger partial charge in [0.25, 0.3) is 5.91 Å². The highest BCUT2D eigenvalue weighted by Crippen LogP contribution is 2.26. The van der Waals surface area contributed by atoms with Gasteiger partial charge in [-0.1, -0.05) is 29.8 Å². The van der Waals surface area contributed by atoms with Crippen LogP contribution in [0, 0.1) is 0 Å². The Morgan fingerprint density at radius 3 is 2.86 bits per heavy atom. The summed E-state index contributed by atoms with van der Waals surface area (Å²) in [5.74, 6) is 0.559. The lowest BCUT2D eigenvalue weighted by Gasteiger charge is -2.14. The van der Waals surface area contributed by atoms with Gasteiger partial charge in [-0.05, 0) is 24.3 Å². The second-order valence-electron chi connectivity index (χ2n) is 4.89. The molecule has 2 aromatic heterocycles. The fourth-order valence-electron chi connectivity index (χ4n) is 2.15. The molecule has 1 aromatic carbocycles. The summed E-state index contributed by atoms with van der Waals surface area (Å²) in [5.41, 5.74) is 1.83. The van der Waals surface area contributed by atoms with Crippen molar-refractivity contribution in [1.29, 1.82) is 0 Å². The van der Waals surface area contributed by atoms with Gasteiger partial charge in [0.2, 0.25) is 0 Å². The van der Waals surface area contributed by atoms with E-state index in [4.69, 9.17) is 16.0 Å². The Bertz CT molecular complexity index is 780. The summed E-state index contributed by atoms with van der Waals surface area (Å²) < 4.78 is 5.24. The third kappa shape index (κ3) is 2.89. The average Bonchev–Trinajstić information content (AvgIpc) is 3.18. The van der Waals surface area contributed by atoms with Crippen LogP contribution in [0.1, 0.15) is 16.2 Å². The maximum atomic E-state index is 12.4. The van der Waals surface area contributed by atoms with Gasteiger partial charge in [0.15, 0.2) is 0 Å². The van der Waals surface area contributed by atoms with Crippen molar-refractivity contribution in [2.45, 2.75) is 6.54 Å². The molecule has 0 aliphatic carbocycles. The molecule has 0 saturated heterocycles. The molecule has 0 radical (unpaired) electrons. The van der Waals surface area contributed by atoms with Crippen molar-refractivity contribution < 1.29 is 9.21 Å². The molecule has 6 heteroatoms. The van der Waals surface area contributed by atoms with E-state index in [-0.39, 0.29) is 5.91 Å². The summed E-state index contributed by atoms with van der Waals surface area (Å²) >= 11 is 6.14. The second-order valence-corrected chi connectivity index (χ2v) is 5.29. The van der Waals surface area contributed by atoms with Gasteiger partial charge in [0.1, 0.15) is 11.5 Å². The van der Waals surface area contributed by atoms with Crippen molar-refractivity contribution in [1.82, 2.24) is 15.1 Å². The third-order valence-corrected chi connectivity index (χ3v) is 3.61. The molecule has 0 fully saturated rings. The number of H-pyrrole nitrogens is 1. The number of amides is 1. The molecule has 0 unspecified atom stereocenters. The van der Waals surface area contributed by atoms with Gasteiger partial charge in [-0.3, -0.25) is 9.89 Å². The highest BCUT2D eigenvalue weighted by molar-refractivity contribution is 6.33. The summed E-state index contributed by atoms with van der Waals surface area (Å²) in [5, 5.41) is 7.52. The Balaban J connectivity index is 1.78. The first-order valence-electron chi connectivity index (χ1n) is 6.73. The van der Waals surface area contributed by atoms with Crippen LogP contribution in [0.3, 0.4) is 0 Å². The van der Waals surface area contributed by atoms with Crippen molar-refractivity contribution in [3.8, 4) is 11.3 Å². The minimum atomic E-state index is -0.165. The molecule has 0 saturated carbocycles. The van der Waals surface area contributed by atoms with Gasteiger partial charge in [0, 0.05) is 12.6 Å². The first-order chi connectivity index (χ1) is 10.6. The molecular formula is C16H14ClN3O2. The maximum Gasteiger partial charge on any atom is 0.272 e. The second kappa shape index (κ2) is 6.07. The molecule has 0 bridgehead atoms. The molecule has 3 aromatic rings. The van der Waals surface area contributed by atoms with E-state index in [9.17, 15) is 4.79 Å². The minimum absolute atomic E-state index is 0.165. The lowest BCUT2D eigenvalue weighted by molar-refractivity contribution is 0.0769. The first kappa shape index (κ1) is 14.4. The monoisotopic (exact) mass is 315 g/mol. The Hall–Kier alpha value is -2.53. The Morgan fingerprint density at radius 2 is 2.14 bits per heavy atom. The van der Waals surface area contributed by atoms with Crippen LogP contribution in [-0.4, -0.2) is 28.1 Å². The van der Waals surface area contributed by atoms with E-state index in [1.807, 2.05) is 24.3 Å². The number of benzene rings is 1. The number of nitrogens with one attached hydrogen (secondary N) is 1. The molecule has 22 heavy (non-hydrogen) atoms. The third-order valence-electron chi connectivity index (χ3n) is 3.28. The predicted octanol–water partition coefficient (Wildman–Crippen LogP) is 3.60. The number of rotatable bonds is 4. The average molecular weight is 316 g/mol. The zero-order valence-corrected chi connectivity index (χ0v) is 12.7. The summed E-state index contributed by atoms with van der Waals surface area (Å²) in [6, 6.07) is 12.7. The molecule has 112 valence electrons. The van der Waals surface area contributed by atoms with E-state index in [2.05, 4.69) is 10.2 Å². The molecule has 2 heterocycles. The van der Waals surface area contributed by atoms with Gasteiger partial charge in [-0.2, -0.15) is 5.10 Å². The number of aromatic amines is 1. The minimum Gasteiger partial charge on any atom is -0.467 e. The van der Waals surface area contributed by atoms with E-state index in [0.29, 0.717) is 23.0 Å². The highest BCUT2D eigenvalue weighted by atomic mass is 35.5. The molecule has 0 atom stereocenters. The van der Waals surface area contributed by atoms with Crippen LogP contribution in [0.4, 0.5) is 0 Å². The summed E-state index contributed by atoms with van der Waals surface area (Å²) in [4.78, 5) is 13.9. The van der Waals surface area contributed by atoms with Gasteiger partial charge >= 0.3 is 0 Å². The van der Waals surface area contributed by atoms with Gasteiger partial charge in [-0.15, -0.1) is 0 Å². The SMILES string of the molecule is CN(Cc1ccco1)C(=O)c1cc(-c2ccccc2Cl)n[nH]1. The van der Waals surface area contributed by atoms with Crippen LogP contribution < -0.4 is 0 Å². The van der Waals surface area contributed by atoms with Crippen LogP contribution in [0.2, 0.25) is 5.02 Å². The van der Waals surface area contributed by atoms with Crippen molar-refractivity contribution in [2.24, 2.45) is 0 Å². The van der Waals surface area contributed by atoms with E-state index >= 15 is 0 Å². The first-order valence-corrected chi connectivity index (χ1v) is 7.11. The van der Waals surface area contributed by atoms with Gasteiger partial charge < -0.3 is 9.32 Å². The summed E-state index contributed by atoms with van der Waals surface area (Å²) in [7, 11) is 1.71. The lowest BCUT2D eigenvalue weighted by Crippen LogP contribution is -2.26. The number of hydrogen-bond acceptors (Lipinski definition) is 3. The number of hydrogen-bond donors (Lipinski definition) is 1. The van der Waals surface area contributed by atoms with Crippen molar-refractivity contribution in [2.75, 3.05) is 7.05 Å². The van der Waals surface area contributed by atoms with Crippen molar-refractivity contribution in [3.63, 3.8) is 0 Å². The van der Waals surface area contributed by atoms with Gasteiger partial charge in [0.05, 0.1) is 23.5 Å². The van der Waals surface area contributed by atoms with Gasteiger partial charge in [-0.25, -0.2) is 0 Å². The van der Waals surface area contributed by atoms with Crippen LogP contribution in [0.25, 0.3) is 11.3 Å². The molecule has 0 aliphatic rings. The number of carbonyl (C=O) groups excluding carboxylic acids is 1. The van der Waals surface area contributed by atoms with E-state index in [1.165, 1.54) is 0 Å². The van der Waals surface area contributed by atoms with E-state index in [0.717, 1.165) is 11.3 Å². The molecule has 1 amide bonds. The molecule has 5 nitrogen and oxygen atoms in total. The largest absolute Gasteiger partial charge is 0.467 e. The fraction of sp³-hybridized carbons (Fsp3) is 0.125. The number of carbonyl (C=O) groups is 1. The quantitative estimate of drug-likeness (QED) is 0.800. The van der Waals surface area contributed by atoms with E-state index < -0.39 is 0 Å². The van der Waals surface area contributed by atoms with E-state index in [1.54, 1.807) is 36.4 Å². The molecular weight excluding hydrogens is 302 g/mol. The predicted molar refractivity (Wildman–Crippen MR) is 83.5 cm³/mol. The molecule has 1 N–H and O–H groups in total. The Kier molecular flexibility index (Phi) is 3.98. The summed E-state index contributed by atoms with van der Waals surface area (Å²) in [6.07, 6.45) is 1.58. The van der Waals surface area contributed by atoms with Crippen LogP contribution in [0.5, 0.6) is 0 Å². The number of nitrogens with zero attached hydrogens (tertiary/aromatic N) is 2. The standard InChI is InChI=1S/C16H14ClN3O2/c1-20(10-11-5-4-8-22-11)16(21)15-9-14(18-19-15)12-6-2-3-7-13(12)17/h2-9H,10H2,1H3,(H,18,19). The van der Waals surface area contributed by atoms with Crippen LogP contribution >= 0.6 is 11.6 Å². The summed E-state index contributed by atoms with van der Waals surface area (Å²) in [6.45, 7) is 0.395. The van der Waals surface area contributed by atoms with Crippen LogP contribution in [0.15, 0.2) is 53.1 Å². The molecule has 3 rings (SSSR count). The van der Waals surface area contributed by atoms with Crippen molar-refractivity contribution >= 4 is 17.5 Å². The number of furan rings is 1. The zero-order valence-electron chi connectivity index (χ0n) is 11.9. The number of halogens is 1. The zero-order chi connectivity index (χ0) is 15.5. The fourth-order valence-corrected chi connectivity index (χ4v) is 2.38. The molecule has 0 spiro atoms. The normalized spacial score (nSPS) is 10.6. The lowest BCUT2D eigenvalue weighted by atomic mass is 10.1. The Morgan fingerprint density at radius 1 is 1.32 bits per heavy atom. The highest BCUT2D eigenvalue weighted by Gasteiger charge is 2.17. The topological polar surface area (TPSA) is 62.1 Å². The maximum absolute atomic E-state index is 12.4. The van der Waals surface area contributed by atoms with Crippen LogP contribution in [-0.2, 0) is 6.54 Å².